The molecule has 0 fully saturated rings. The highest BCUT2D eigenvalue weighted by Gasteiger charge is 2.41. The van der Waals surface area contributed by atoms with Crippen LogP contribution in [-0.4, -0.2) is 61.9 Å². The van der Waals surface area contributed by atoms with Crippen LogP contribution in [0.1, 0.15) is 55.2 Å². The summed E-state index contributed by atoms with van der Waals surface area (Å²) in [6.45, 7) is 4.86. The molecular weight excluding hydrogens is 584 g/mol. The summed E-state index contributed by atoms with van der Waals surface area (Å²) in [4.78, 5) is 12.5. The standard InChI is InChI=1S/C34H36O11/c1-14-31(36)29-21(12-43-14)32(37)25-19(8-17(39-4)10-23(25)41-6)27(29)28-20-9-18(40-5)11-24(42-7)26(20)33(38)22-13-44-15(2)34(30(22)28)45-16(3)35/h8-11,14-15,31,34,36-38H,12-13H2,1-7H3/t14-,15-,31+,34+/m0/s1. The van der Waals surface area contributed by atoms with E-state index in [1.165, 1.54) is 35.4 Å². The van der Waals surface area contributed by atoms with Gasteiger partial charge in [0.05, 0.1) is 64.6 Å². The fourth-order valence-electron chi connectivity index (χ4n) is 6.65. The molecule has 4 aromatic carbocycles. The predicted molar refractivity (Wildman–Crippen MR) is 164 cm³/mol. The van der Waals surface area contributed by atoms with Crippen molar-refractivity contribution in [3.63, 3.8) is 0 Å². The number of benzene rings is 4. The van der Waals surface area contributed by atoms with Crippen LogP contribution in [0.2, 0.25) is 0 Å². The molecule has 2 heterocycles. The second-order valence-corrected chi connectivity index (χ2v) is 11.2. The molecule has 0 bridgehead atoms. The number of methoxy groups -OCH3 is 4. The molecule has 2 aliphatic heterocycles. The Labute approximate surface area is 259 Å². The number of carbonyl (C=O) groups excluding carboxylic acids is 1. The molecule has 4 aromatic rings. The van der Waals surface area contributed by atoms with Gasteiger partial charge < -0.3 is 48.5 Å². The maximum absolute atomic E-state index is 12.5. The molecule has 6 rings (SSSR count). The Bertz CT molecular complexity index is 1850. The molecule has 11 heteroatoms. The topological polar surface area (TPSA) is 142 Å². The fourth-order valence-corrected chi connectivity index (χ4v) is 6.65. The van der Waals surface area contributed by atoms with Crippen LogP contribution in [0.15, 0.2) is 24.3 Å². The zero-order valence-electron chi connectivity index (χ0n) is 26.1. The van der Waals surface area contributed by atoms with Crippen LogP contribution >= 0.6 is 0 Å². The Kier molecular flexibility index (Phi) is 7.80. The Balaban J connectivity index is 1.95. The maximum Gasteiger partial charge on any atom is 0.303 e. The summed E-state index contributed by atoms with van der Waals surface area (Å²) in [5.41, 5.74) is 2.73. The summed E-state index contributed by atoms with van der Waals surface area (Å²) in [5, 5.41) is 37.1. The van der Waals surface area contributed by atoms with Gasteiger partial charge in [0.25, 0.3) is 0 Å². The molecule has 2 aliphatic rings. The van der Waals surface area contributed by atoms with E-state index in [-0.39, 0.29) is 24.7 Å². The third-order valence-corrected chi connectivity index (χ3v) is 8.81. The summed E-state index contributed by atoms with van der Waals surface area (Å²) in [6.07, 6.45) is -3.35. The van der Waals surface area contributed by atoms with Gasteiger partial charge in [0, 0.05) is 52.1 Å². The number of phenols is 2. The lowest BCUT2D eigenvalue weighted by atomic mass is 9.77. The molecule has 0 amide bonds. The van der Waals surface area contributed by atoms with Gasteiger partial charge in [-0.15, -0.1) is 0 Å². The van der Waals surface area contributed by atoms with E-state index in [1.54, 1.807) is 38.1 Å². The molecule has 0 spiro atoms. The first kappa shape index (κ1) is 30.6. The molecule has 0 radical (unpaired) electrons. The average Bonchev–Trinajstić information content (AvgIpc) is 3.03. The van der Waals surface area contributed by atoms with E-state index in [4.69, 9.17) is 33.2 Å². The van der Waals surface area contributed by atoms with E-state index < -0.39 is 30.4 Å². The van der Waals surface area contributed by atoms with Gasteiger partial charge in [0.2, 0.25) is 0 Å². The van der Waals surface area contributed by atoms with Crippen molar-refractivity contribution in [1.82, 2.24) is 0 Å². The quantitative estimate of drug-likeness (QED) is 0.233. The van der Waals surface area contributed by atoms with Crippen molar-refractivity contribution in [3.05, 3.63) is 46.5 Å². The molecular formula is C34H36O11. The molecule has 0 unspecified atom stereocenters. The number of esters is 1. The van der Waals surface area contributed by atoms with E-state index in [0.717, 1.165) is 0 Å². The Morgan fingerprint density at radius 3 is 1.67 bits per heavy atom. The van der Waals surface area contributed by atoms with Crippen molar-refractivity contribution in [2.24, 2.45) is 0 Å². The van der Waals surface area contributed by atoms with Gasteiger partial charge in [0.15, 0.2) is 6.10 Å². The van der Waals surface area contributed by atoms with Gasteiger partial charge in [-0.25, -0.2) is 0 Å². The third kappa shape index (κ3) is 4.65. The highest BCUT2D eigenvalue weighted by Crippen LogP contribution is 2.57. The number of rotatable bonds is 6. The van der Waals surface area contributed by atoms with Crippen LogP contribution in [0.5, 0.6) is 34.5 Å². The van der Waals surface area contributed by atoms with Gasteiger partial charge in [-0.2, -0.15) is 0 Å². The smallest absolute Gasteiger partial charge is 0.303 e. The van der Waals surface area contributed by atoms with E-state index >= 15 is 0 Å². The largest absolute Gasteiger partial charge is 0.507 e. The number of fused-ring (bicyclic) bond motifs is 4. The first-order chi connectivity index (χ1) is 21.6. The van der Waals surface area contributed by atoms with Gasteiger partial charge in [0.1, 0.15) is 40.6 Å². The maximum atomic E-state index is 12.5. The van der Waals surface area contributed by atoms with Gasteiger partial charge in [-0.05, 0) is 37.1 Å². The number of aromatic hydroxyl groups is 2. The summed E-state index contributed by atoms with van der Waals surface area (Å²) < 4.78 is 40.7. The number of phenolic OH excluding ortho intramolecular Hbond substituents is 2. The molecule has 4 atom stereocenters. The lowest BCUT2D eigenvalue weighted by molar-refractivity contribution is -0.157. The van der Waals surface area contributed by atoms with Gasteiger partial charge in [-0.1, -0.05) is 0 Å². The van der Waals surface area contributed by atoms with Crippen molar-refractivity contribution in [2.45, 2.75) is 58.4 Å². The summed E-state index contributed by atoms with van der Waals surface area (Å²) in [5.74, 6) is 0.798. The zero-order chi connectivity index (χ0) is 32.3. The summed E-state index contributed by atoms with van der Waals surface area (Å²) in [7, 11) is 6.02. The first-order valence-electron chi connectivity index (χ1n) is 14.5. The number of aliphatic hydroxyl groups excluding tert-OH is 1. The predicted octanol–water partition coefficient (Wildman–Crippen LogP) is 5.58. The monoisotopic (exact) mass is 620 g/mol. The number of ether oxygens (including phenoxy) is 7. The normalized spacial score (nSPS) is 20.8. The van der Waals surface area contributed by atoms with E-state index in [9.17, 15) is 20.1 Å². The second-order valence-electron chi connectivity index (χ2n) is 11.2. The lowest BCUT2D eigenvalue weighted by Crippen LogP contribution is -2.30. The minimum absolute atomic E-state index is 0.00510. The van der Waals surface area contributed by atoms with Crippen LogP contribution in [0, 0.1) is 0 Å². The van der Waals surface area contributed by atoms with Crippen molar-refractivity contribution < 1.29 is 53.3 Å². The Morgan fingerprint density at radius 1 is 0.733 bits per heavy atom. The van der Waals surface area contributed by atoms with E-state index in [2.05, 4.69) is 0 Å². The van der Waals surface area contributed by atoms with Crippen LogP contribution in [0.25, 0.3) is 32.7 Å². The molecule has 3 N–H and O–H groups in total. The Hall–Kier alpha value is -4.45. The zero-order valence-corrected chi connectivity index (χ0v) is 26.1. The van der Waals surface area contributed by atoms with Crippen LogP contribution < -0.4 is 18.9 Å². The van der Waals surface area contributed by atoms with Crippen LogP contribution in [0.4, 0.5) is 0 Å². The van der Waals surface area contributed by atoms with Gasteiger partial charge >= 0.3 is 5.97 Å². The SMILES string of the molecule is COc1cc(OC)c2c(O)c3c(c(-c4c5c(c(O)c6c(OC)cc(OC)cc46)CO[C@@H](C)[C@H]5OC(C)=O)c2c1)[C@H](O)[C@H](C)OC3. The Morgan fingerprint density at radius 2 is 1.20 bits per heavy atom. The molecule has 45 heavy (non-hydrogen) atoms. The molecule has 0 saturated heterocycles. The van der Waals surface area contributed by atoms with E-state index in [0.29, 0.717) is 77.9 Å². The number of hydrogen-bond donors (Lipinski definition) is 3. The number of carbonyl (C=O) groups is 1. The molecule has 11 nitrogen and oxygen atoms in total. The van der Waals surface area contributed by atoms with Crippen LogP contribution in [0.3, 0.4) is 0 Å². The minimum atomic E-state index is -1.17. The van der Waals surface area contributed by atoms with Crippen molar-refractivity contribution in [1.29, 1.82) is 0 Å². The van der Waals surface area contributed by atoms with Crippen molar-refractivity contribution in [3.8, 4) is 45.6 Å². The summed E-state index contributed by atoms with van der Waals surface area (Å²) >= 11 is 0. The molecule has 0 aliphatic carbocycles. The number of hydrogen-bond acceptors (Lipinski definition) is 11. The summed E-state index contributed by atoms with van der Waals surface area (Å²) in [6, 6.07) is 6.84. The second kappa shape index (κ2) is 11.5. The minimum Gasteiger partial charge on any atom is -0.507 e. The highest BCUT2D eigenvalue weighted by atomic mass is 16.6. The van der Waals surface area contributed by atoms with Crippen molar-refractivity contribution >= 4 is 27.5 Å². The fraction of sp³-hybridized carbons (Fsp3) is 0.382. The number of aliphatic hydroxyl groups is 1. The highest BCUT2D eigenvalue weighted by molar-refractivity contribution is 6.15. The molecule has 238 valence electrons. The lowest BCUT2D eigenvalue weighted by Gasteiger charge is -2.37. The third-order valence-electron chi connectivity index (χ3n) is 8.81. The molecule has 0 saturated carbocycles. The van der Waals surface area contributed by atoms with Crippen LogP contribution in [-0.2, 0) is 32.2 Å². The first-order valence-corrected chi connectivity index (χ1v) is 14.5. The van der Waals surface area contributed by atoms with E-state index in [1.807, 2.05) is 0 Å². The van der Waals surface area contributed by atoms with Gasteiger partial charge in [-0.3, -0.25) is 4.79 Å². The van der Waals surface area contributed by atoms with Crippen molar-refractivity contribution in [2.75, 3.05) is 28.4 Å². The average molecular weight is 621 g/mol. The molecule has 0 aromatic heterocycles.